The average molecular weight is 784 g/mol. The van der Waals surface area contributed by atoms with Gasteiger partial charge >= 0.3 is 5.97 Å². The summed E-state index contributed by atoms with van der Waals surface area (Å²) in [7, 11) is -2.15. The summed E-state index contributed by atoms with van der Waals surface area (Å²) in [6, 6.07) is 38.5. The molecule has 6 rings (SSSR count). The minimum Gasteiger partial charge on any atom is -0.457 e. The number of carbonyl (C=O) groups excluding carboxylic acids is 4. The first kappa shape index (κ1) is 40.0. The molecular weight excluding hydrogens is 738 g/mol. The largest absolute Gasteiger partial charge is 0.457 e. The number of ether oxygens (including phenoxy) is 1. The normalized spacial score (nSPS) is 15.9. The summed E-state index contributed by atoms with van der Waals surface area (Å²) in [5.41, 5.74) is 1.50. The number of likely N-dealkylation sites (tertiary alicyclic amines) is 1. The number of amides is 2. The van der Waals surface area contributed by atoms with Gasteiger partial charge in [-0.05, 0) is 78.9 Å². The van der Waals surface area contributed by atoms with Crippen molar-refractivity contribution in [3.63, 3.8) is 0 Å². The molecule has 1 fully saturated rings. The number of Topliss-reactive ketones (excluding diaryl/α,β-unsaturated/α-hetero) is 1. The van der Waals surface area contributed by atoms with Crippen LogP contribution in [0.1, 0.15) is 34.1 Å². The molecular formula is C45H46N3O6PSi. The van der Waals surface area contributed by atoms with Crippen LogP contribution in [-0.2, 0) is 18.8 Å². The van der Waals surface area contributed by atoms with Crippen LogP contribution < -0.4 is 21.2 Å². The van der Waals surface area contributed by atoms with Crippen molar-refractivity contribution in [3.8, 4) is 0 Å². The Balaban J connectivity index is 1.52. The summed E-state index contributed by atoms with van der Waals surface area (Å²) in [5, 5.41) is 5.38. The zero-order valence-electron chi connectivity index (χ0n) is 32.0. The van der Waals surface area contributed by atoms with Crippen molar-refractivity contribution in [2.24, 2.45) is 5.92 Å². The summed E-state index contributed by atoms with van der Waals surface area (Å²) in [4.78, 5) is 62.4. The molecule has 0 spiro atoms. The van der Waals surface area contributed by atoms with Crippen molar-refractivity contribution in [2.75, 3.05) is 11.9 Å². The van der Waals surface area contributed by atoms with E-state index in [0.717, 1.165) is 15.9 Å². The van der Waals surface area contributed by atoms with Gasteiger partial charge in [-0.2, -0.15) is 0 Å². The quantitative estimate of drug-likeness (QED) is 0.0310. The molecule has 1 saturated heterocycles. The summed E-state index contributed by atoms with van der Waals surface area (Å²) >= 11 is 0. The lowest BCUT2D eigenvalue weighted by molar-refractivity contribution is -0.156. The minimum atomic E-state index is -3.19. The molecule has 0 bridgehead atoms. The Morgan fingerprint density at radius 1 is 0.821 bits per heavy atom. The van der Waals surface area contributed by atoms with Gasteiger partial charge in [0.15, 0.2) is 14.1 Å². The van der Waals surface area contributed by atoms with Crippen LogP contribution in [-0.4, -0.2) is 65.9 Å². The Kier molecular flexibility index (Phi) is 12.4. The Hall–Kier alpha value is -5.67. The molecule has 0 aliphatic carbocycles. The lowest BCUT2D eigenvalue weighted by Gasteiger charge is -2.52. The molecule has 0 unspecified atom stereocenters. The first-order valence-electron chi connectivity index (χ1n) is 18.5. The Bertz CT molecular complexity index is 2140. The van der Waals surface area contributed by atoms with E-state index < -0.39 is 39.2 Å². The molecule has 4 aromatic carbocycles. The Labute approximate surface area is 329 Å². The van der Waals surface area contributed by atoms with E-state index in [9.17, 15) is 19.2 Å². The SMILES string of the molecule is C=CCOC(=O)C(N1C(=O)[C@H]([C@@H](C)O[Si](C)(C)C)[C@H]1CC(=O)c1ccc(NC(=O)c2cccnc2)cc1)=P(c1ccccc1)(c1ccccc1)c1ccccc1. The van der Waals surface area contributed by atoms with Crippen molar-refractivity contribution < 1.29 is 28.3 Å². The van der Waals surface area contributed by atoms with Gasteiger partial charge in [-0.1, -0.05) is 104 Å². The molecule has 0 radical (unpaired) electrons. The zero-order valence-corrected chi connectivity index (χ0v) is 33.9. The standard InChI is InChI=1S/C45H46N3O6PSi/c1-6-29-53-45(52)44(55(36-18-10-7-11-19-36,37-20-12-8-13-21-37)38-22-14-9-15-23-38)48-39(41(43(48)51)32(2)54-56(3,4)5)30-40(49)33-24-26-35(27-25-33)47-42(50)34-17-16-28-46-31-34/h6-28,31-32,39,41H,1,29-30H2,2-5H3,(H,47,50)/t32-,39-,41-/m1/s1. The van der Waals surface area contributed by atoms with Gasteiger partial charge in [-0.3, -0.25) is 19.4 Å². The second-order valence-corrected chi connectivity index (χ2v) is 22.3. The van der Waals surface area contributed by atoms with Gasteiger partial charge in [-0.25, -0.2) is 4.79 Å². The number of nitrogens with one attached hydrogen (secondary N) is 1. The fraction of sp³-hybridized carbons (Fsp3) is 0.200. The smallest absolute Gasteiger partial charge is 0.356 e. The second-order valence-electron chi connectivity index (χ2n) is 14.5. The number of pyridine rings is 1. The summed E-state index contributed by atoms with van der Waals surface area (Å²) in [6.45, 7) is 8.55. The topological polar surface area (TPSA) is 115 Å². The lowest BCUT2D eigenvalue weighted by Crippen LogP contribution is -2.69. The number of esters is 1. The predicted molar refractivity (Wildman–Crippen MR) is 227 cm³/mol. The van der Waals surface area contributed by atoms with Gasteiger partial charge < -0.3 is 19.4 Å². The zero-order chi connectivity index (χ0) is 39.9. The number of hydrogen-bond acceptors (Lipinski definition) is 7. The van der Waals surface area contributed by atoms with Crippen LogP contribution in [0.5, 0.6) is 0 Å². The minimum absolute atomic E-state index is 0.0748. The number of carbonyl (C=O) groups is 4. The molecule has 3 atom stereocenters. The molecule has 2 heterocycles. The molecule has 56 heavy (non-hydrogen) atoms. The Morgan fingerprint density at radius 3 is 1.86 bits per heavy atom. The van der Waals surface area contributed by atoms with Crippen LogP contribution in [0.2, 0.25) is 19.6 Å². The Morgan fingerprint density at radius 2 is 1.38 bits per heavy atom. The van der Waals surface area contributed by atoms with Crippen LogP contribution in [0.15, 0.2) is 152 Å². The van der Waals surface area contributed by atoms with Crippen molar-refractivity contribution in [2.45, 2.75) is 45.1 Å². The number of rotatable bonds is 15. The first-order valence-corrected chi connectivity index (χ1v) is 23.7. The number of benzene rings is 4. The van der Waals surface area contributed by atoms with Crippen LogP contribution in [0, 0.1) is 5.92 Å². The van der Waals surface area contributed by atoms with E-state index >= 15 is 0 Å². The van der Waals surface area contributed by atoms with Crippen molar-refractivity contribution in [1.29, 1.82) is 0 Å². The molecule has 0 saturated carbocycles. The maximum Gasteiger partial charge on any atom is 0.356 e. The molecule has 11 heteroatoms. The van der Waals surface area contributed by atoms with Crippen LogP contribution in [0.4, 0.5) is 5.69 Å². The monoisotopic (exact) mass is 783 g/mol. The third kappa shape index (κ3) is 8.43. The summed E-state index contributed by atoms with van der Waals surface area (Å²) < 4.78 is 12.4. The first-order chi connectivity index (χ1) is 27.0. The summed E-state index contributed by atoms with van der Waals surface area (Å²) in [5.74, 6) is -2.24. The van der Waals surface area contributed by atoms with Gasteiger partial charge in [0, 0.05) is 37.0 Å². The van der Waals surface area contributed by atoms with Gasteiger partial charge in [0.05, 0.1) is 23.6 Å². The molecule has 1 aliphatic rings. The summed E-state index contributed by atoms with van der Waals surface area (Å²) in [6.07, 6.45) is 3.95. The third-order valence-corrected chi connectivity index (χ3v) is 14.9. The van der Waals surface area contributed by atoms with Crippen molar-refractivity contribution in [1.82, 2.24) is 9.88 Å². The fourth-order valence-corrected chi connectivity index (χ4v) is 13.0. The highest BCUT2D eigenvalue weighted by atomic mass is 31.2. The highest BCUT2D eigenvalue weighted by Crippen LogP contribution is 2.50. The van der Waals surface area contributed by atoms with Gasteiger partial charge in [-0.15, -0.1) is 0 Å². The highest BCUT2D eigenvalue weighted by Gasteiger charge is 2.56. The van der Waals surface area contributed by atoms with E-state index in [4.69, 9.17) is 9.16 Å². The van der Waals surface area contributed by atoms with E-state index in [2.05, 4.69) is 36.5 Å². The second kappa shape index (κ2) is 17.4. The van der Waals surface area contributed by atoms with Gasteiger partial charge in [0.25, 0.3) is 5.91 Å². The molecule has 1 aromatic heterocycles. The number of aromatic nitrogens is 1. The van der Waals surface area contributed by atoms with Crippen LogP contribution in [0.25, 0.3) is 0 Å². The van der Waals surface area contributed by atoms with E-state index in [1.54, 1.807) is 47.5 Å². The molecule has 1 N–H and O–H groups in total. The van der Waals surface area contributed by atoms with Gasteiger partial charge in [0.1, 0.15) is 12.0 Å². The van der Waals surface area contributed by atoms with Crippen molar-refractivity contribution in [3.05, 3.63) is 164 Å². The van der Waals surface area contributed by atoms with E-state index in [0.29, 0.717) is 16.8 Å². The molecule has 286 valence electrons. The average Bonchev–Trinajstić information content (AvgIpc) is 3.20. The number of β-lactam (4-membered cyclic amide) rings is 1. The van der Waals surface area contributed by atoms with Gasteiger partial charge in [0.2, 0.25) is 5.91 Å². The predicted octanol–water partition coefficient (Wildman–Crippen LogP) is 6.83. The molecule has 1 aliphatic heterocycles. The van der Waals surface area contributed by atoms with E-state index in [1.165, 1.54) is 12.3 Å². The van der Waals surface area contributed by atoms with Crippen LogP contribution in [0.3, 0.4) is 0 Å². The van der Waals surface area contributed by atoms with E-state index in [-0.39, 0.29) is 36.0 Å². The van der Waals surface area contributed by atoms with Crippen LogP contribution >= 0.6 is 6.89 Å². The lowest BCUT2D eigenvalue weighted by atomic mass is 9.79. The molecule has 5 aromatic rings. The number of ketones is 1. The number of nitrogens with zero attached hydrogens (tertiary/aromatic N) is 2. The van der Waals surface area contributed by atoms with E-state index in [1.807, 2.05) is 97.9 Å². The fourth-order valence-electron chi connectivity index (χ4n) is 7.30. The number of anilines is 1. The molecule has 9 nitrogen and oxygen atoms in total. The number of hydrogen-bond donors (Lipinski definition) is 1. The van der Waals surface area contributed by atoms with Crippen molar-refractivity contribution >= 4 is 65.8 Å². The third-order valence-electron chi connectivity index (χ3n) is 9.59. The maximum absolute atomic E-state index is 14.9. The highest BCUT2D eigenvalue weighted by molar-refractivity contribution is 7.96. The maximum atomic E-state index is 14.9. The molecule has 2 amide bonds.